The first-order valence-corrected chi connectivity index (χ1v) is 11.5. The lowest BCUT2D eigenvalue weighted by molar-refractivity contribution is 0.395. The number of fused-ring (bicyclic) bond motifs is 2. The summed E-state index contributed by atoms with van der Waals surface area (Å²) in [5, 5.41) is 0. The molecule has 1 saturated heterocycles. The number of hydrogen-bond donors (Lipinski definition) is 1. The van der Waals surface area contributed by atoms with Gasteiger partial charge in [-0.1, -0.05) is 18.2 Å². The number of aromatic amines is 1. The van der Waals surface area contributed by atoms with Crippen molar-refractivity contribution in [3.8, 4) is 0 Å². The quantitative estimate of drug-likeness (QED) is 0.506. The van der Waals surface area contributed by atoms with E-state index in [1.165, 1.54) is 0 Å². The number of benzene rings is 1. The van der Waals surface area contributed by atoms with E-state index in [2.05, 4.69) is 30.9 Å². The molecule has 0 aliphatic carbocycles. The smallest absolute Gasteiger partial charge is 0.326 e. The molecule has 1 aromatic carbocycles. The number of piperidine rings is 1. The zero-order chi connectivity index (χ0) is 23.2. The Kier molecular flexibility index (Phi) is 4.93. The second-order valence-electron chi connectivity index (χ2n) is 8.78. The summed E-state index contributed by atoms with van der Waals surface area (Å²) in [4.78, 5) is 36.4. The van der Waals surface area contributed by atoms with Gasteiger partial charge in [-0.25, -0.2) is 19.7 Å². The largest absolute Gasteiger partial charge is 0.481 e. The second-order valence-corrected chi connectivity index (χ2v) is 8.78. The summed E-state index contributed by atoms with van der Waals surface area (Å²) in [7, 11) is 3.61. The Morgan fingerprint density at radius 3 is 2.74 bits per heavy atom. The van der Waals surface area contributed by atoms with E-state index in [9.17, 15) is 4.79 Å². The Hall–Kier alpha value is -3.95. The van der Waals surface area contributed by atoms with Crippen molar-refractivity contribution in [2.75, 3.05) is 31.6 Å². The number of methoxy groups -OCH3 is 1. The lowest BCUT2D eigenvalue weighted by Gasteiger charge is -2.33. The average molecular weight is 459 g/mol. The minimum Gasteiger partial charge on any atom is -0.481 e. The van der Waals surface area contributed by atoms with Crippen LogP contribution < -0.4 is 10.6 Å². The van der Waals surface area contributed by atoms with E-state index in [4.69, 9.17) is 9.72 Å². The Morgan fingerprint density at radius 2 is 1.97 bits per heavy atom. The standard InChI is InChI=1S/C24H26N8O2/c1-30-21(15-7-8-19(34-2)25-13-15)29-20-22(30)26-14-27-23(20)31-11-9-16(10-12-31)32-18-6-4-3-5-17(18)28-24(32)33/h3-8,14-16H,9-13H2,1-2H3,(H,28,33). The fourth-order valence-electron chi connectivity index (χ4n) is 5.14. The van der Waals surface area contributed by atoms with Crippen LogP contribution >= 0.6 is 0 Å². The van der Waals surface area contributed by atoms with Gasteiger partial charge in [-0.15, -0.1) is 0 Å². The number of anilines is 1. The van der Waals surface area contributed by atoms with Crippen molar-refractivity contribution in [3.05, 3.63) is 59.1 Å². The molecule has 0 spiro atoms. The third-order valence-corrected chi connectivity index (χ3v) is 6.88. The van der Waals surface area contributed by atoms with E-state index < -0.39 is 0 Å². The zero-order valence-electron chi connectivity index (χ0n) is 19.2. The summed E-state index contributed by atoms with van der Waals surface area (Å²) in [6, 6.07) is 8.01. The Balaban J connectivity index is 1.27. The number of ether oxygens (including phenoxy) is 1. The van der Waals surface area contributed by atoms with Crippen molar-refractivity contribution in [2.24, 2.45) is 12.0 Å². The maximum absolute atomic E-state index is 12.6. The summed E-state index contributed by atoms with van der Waals surface area (Å²) < 4.78 is 9.15. The first-order chi connectivity index (χ1) is 16.6. The number of imidazole rings is 2. The second kappa shape index (κ2) is 8.12. The van der Waals surface area contributed by atoms with Crippen LogP contribution in [-0.4, -0.2) is 61.7 Å². The van der Waals surface area contributed by atoms with Gasteiger partial charge in [0.05, 0.1) is 30.6 Å². The van der Waals surface area contributed by atoms with Crippen LogP contribution in [0.3, 0.4) is 0 Å². The number of rotatable bonds is 3. The van der Waals surface area contributed by atoms with Gasteiger partial charge in [0.2, 0.25) is 5.90 Å². The molecule has 0 radical (unpaired) electrons. The van der Waals surface area contributed by atoms with E-state index >= 15 is 0 Å². The van der Waals surface area contributed by atoms with Crippen LogP contribution in [0.15, 0.2) is 52.5 Å². The van der Waals surface area contributed by atoms with Crippen molar-refractivity contribution in [2.45, 2.75) is 24.8 Å². The molecule has 10 nitrogen and oxygen atoms in total. The van der Waals surface area contributed by atoms with Gasteiger partial charge in [0.15, 0.2) is 17.0 Å². The lowest BCUT2D eigenvalue weighted by atomic mass is 10.0. The highest BCUT2D eigenvalue weighted by molar-refractivity contribution is 5.88. The number of aliphatic imine (C=N–C) groups is 1. The molecule has 1 N–H and O–H groups in total. The number of aromatic nitrogens is 6. The molecule has 0 amide bonds. The van der Waals surface area contributed by atoms with Gasteiger partial charge < -0.3 is 19.2 Å². The number of para-hydroxylation sites is 2. The summed E-state index contributed by atoms with van der Waals surface area (Å²) in [6.07, 6.45) is 7.28. The predicted molar refractivity (Wildman–Crippen MR) is 131 cm³/mol. The summed E-state index contributed by atoms with van der Waals surface area (Å²) in [5.41, 5.74) is 3.41. The number of H-pyrrole nitrogens is 1. The maximum Gasteiger partial charge on any atom is 0.326 e. The average Bonchev–Trinajstić information content (AvgIpc) is 3.40. The number of nitrogens with one attached hydrogen (secondary N) is 1. The minimum atomic E-state index is -0.0433. The van der Waals surface area contributed by atoms with Crippen LogP contribution in [-0.2, 0) is 11.8 Å². The van der Waals surface area contributed by atoms with Gasteiger partial charge in [-0.2, -0.15) is 0 Å². The van der Waals surface area contributed by atoms with Gasteiger partial charge in [-0.05, 0) is 31.1 Å². The zero-order valence-corrected chi connectivity index (χ0v) is 19.2. The minimum absolute atomic E-state index is 0.0433. The molecule has 34 heavy (non-hydrogen) atoms. The van der Waals surface area contributed by atoms with Gasteiger partial charge in [0.25, 0.3) is 0 Å². The number of aryl methyl sites for hydroxylation is 1. The van der Waals surface area contributed by atoms with E-state index in [0.29, 0.717) is 12.4 Å². The molecule has 3 aromatic heterocycles. The van der Waals surface area contributed by atoms with Crippen molar-refractivity contribution in [3.63, 3.8) is 0 Å². The Bertz CT molecular complexity index is 1490. The fraction of sp³-hybridized carbons (Fsp3) is 0.375. The monoisotopic (exact) mass is 458 g/mol. The molecule has 1 atom stereocenters. The molecule has 0 bridgehead atoms. The normalized spacial score (nSPS) is 19.2. The molecule has 5 heterocycles. The van der Waals surface area contributed by atoms with Gasteiger partial charge in [-0.3, -0.25) is 9.56 Å². The van der Waals surface area contributed by atoms with Crippen LogP contribution in [0.1, 0.15) is 30.6 Å². The maximum atomic E-state index is 12.6. The molecule has 1 fully saturated rings. The SMILES string of the molecule is COC1=NCC(c2nc3c(N4CCC(n5c(=O)[nH]c6ccccc65)CC4)ncnc3n2C)C=C1. The number of dihydropyridines is 1. The Morgan fingerprint density at radius 1 is 1.15 bits per heavy atom. The van der Waals surface area contributed by atoms with Crippen LogP contribution in [0.2, 0.25) is 0 Å². The van der Waals surface area contributed by atoms with E-state index in [0.717, 1.165) is 59.8 Å². The molecule has 0 saturated carbocycles. The highest BCUT2D eigenvalue weighted by Crippen LogP contribution is 2.31. The molecule has 2 aliphatic rings. The van der Waals surface area contributed by atoms with E-state index in [-0.39, 0.29) is 17.6 Å². The molecule has 6 rings (SSSR count). The van der Waals surface area contributed by atoms with Crippen LogP contribution in [0.4, 0.5) is 5.82 Å². The summed E-state index contributed by atoms with van der Waals surface area (Å²) in [5.74, 6) is 2.45. The van der Waals surface area contributed by atoms with Crippen LogP contribution in [0.25, 0.3) is 22.2 Å². The Labute approximate surface area is 195 Å². The number of nitrogens with zero attached hydrogens (tertiary/aromatic N) is 7. The van der Waals surface area contributed by atoms with Crippen molar-refractivity contribution < 1.29 is 4.74 Å². The molecular formula is C24H26N8O2. The van der Waals surface area contributed by atoms with Crippen molar-refractivity contribution in [1.82, 2.24) is 29.1 Å². The topological polar surface area (TPSA) is 106 Å². The molecule has 1 unspecified atom stereocenters. The molecule has 10 heteroatoms. The predicted octanol–water partition coefficient (Wildman–Crippen LogP) is 2.55. The van der Waals surface area contributed by atoms with Crippen LogP contribution in [0, 0.1) is 0 Å². The summed E-state index contributed by atoms with van der Waals surface area (Å²) in [6.45, 7) is 2.17. The number of hydrogen-bond acceptors (Lipinski definition) is 7. The molecule has 4 aromatic rings. The molecule has 2 aliphatic heterocycles. The first-order valence-electron chi connectivity index (χ1n) is 11.5. The molecule has 174 valence electrons. The van der Waals surface area contributed by atoms with Crippen molar-refractivity contribution in [1.29, 1.82) is 0 Å². The molecular weight excluding hydrogens is 432 g/mol. The van der Waals surface area contributed by atoms with Crippen LogP contribution in [0.5, 0.6) is 0 Å². The third kappa shape index (κ3) is 3.28. The van der Waals surface area contributed by atoms with Gasteiger partial charge >= 0.3 is 5.69 Å². The first kappa shape index (κ1) is 20.6. The van der Waals surface area contributed by atoms with E-state index in [1.54, 1.807) is 13.4 Å². The van der Waals surface area contributed by atoms with Gasteiger partial charge in [0.1, 0.15) is 12.2 Å². The summed E-state index contributed by atoms with van der Waals surface area (Å²) >= 11 is 0. The highest BCUT2D eigenvalue weighted by atomic mass is 16.5. The van der Waals surface area contributed by atoms with Crippen molar-refractivity contribution >= 4 is 33.9 Å². The van der Waals surface area contributed by atoms with Gasteiger partial charge in [0, 0.05) is 26.2 Å². The highest BCUT2D eigenvalue weighted by Gasteiger charge is 2.27. The lowest BCUT2D eigenvalue weighted by Crippen LogP contribution is -2.37. The fourth-order valence-corrected chi connectivity index (χ4v) is 5.14. The van der Waals surface area contributed by atoms with E-state index in [1.807, 2.05) is 46.5 Å². The third-order valence-electron chi connectivity index (χ3n) is 6.88.